The quantitative estimate of drug-likeness (QED) is 0.257. The number of rotatable bonds is 5. The van der Waals surface area contributed by atoms with Crippen LogP contribution < -0.4 is 0 Å². The van der Waals surface area contributed by atoms with Crippen molar-refractivity contribution < 1.29 is 4.39 Å². The first-order valence-electron chi connectivity index (χ1n) is 13.2. The van der Waals surface area contributed by atoms with Gasteiger partial charge in [-0.05, 0) is 103 Å². The van der Waals surface area contributed by atoms with Crippen LogP contribution in [0.1, 0.15) is 24.0 Å². The Balaban J connectivity index is 1.28. The zero-order chi connectivity index (χ0) is 25.6. The SMILES string of the molecule is Cc1cc(F)cc(-c2cccc3[nH]c(-c4n[nH]c5ccc(-c6cncc(CN7CCCC7)c6)cc45)cc23)c1. The number of pyridine rings is 1. The van der Waals surface area contributed by atoms with Gasteiger partial charge in [-0.1, -0.05) is 24.3 Å². The molecule has 1 fully saturated rings. The van der Waals surface area contributed by atoms with Gasteiger partial charge in [-0.15, -0.1) is 0 Å². The lowest BCUT2D eigenvalue weighted by molar-refractivity contribution is 0.331. The summed E-state index contributed by atoms with van der Waals surface area (Å²) in [4.78, 5) is 10.6. The van der Waals surface area contributed by atoms with Crippen LogP contribution in [-0.2, 0) is 6.54 Å². The number of aromatic nitrogens is 4. The molecule has 3 aromatic carbocycles. The Morgan fingerprint density at radius 3 is 2.61 bits per heavy atom. The fourth-order valence-electron chi connectivity index (χ4n) is 5.76. The summed E-state index contributed by atoms with van der Waals surface area (Å²) in [6.45, 7) is 5.20. The highest BCUT2D eigenvalue weighted by molar-refractivity contribution is 6.01. The maximum absolute atomic E-state index is 14.2. The van der Waals surface area contributed by atoms with Crippen molar-refractivity contribution in [2.45, 2.75) is 26.3 Å². The van der Waals surface area contributed by atoms with Gasteiger partial charge < -0.3 is 4.98 Å². The topological polar surface area (TPSA) is 60.6 Å². The lowest BCUT2D eigenvalue weighted by atomic mass is 9.99. The molecule has 1 aliphatic rings. The minimum absolute atomic E-state index is 0.224. The zero-order valence-electron chi connectivity index (χ0n) is 21.3. The summed E-state index contributed by atoms with van der Waals surface area (Å²) in [6.07, 6.45) is 6.48. The van der Waals surface area contributed by atoms with E-state index < -0.39 is 0 Å². The predicted octanol–water partition coefficient (Wildman–Crippen LogP) is 7.48. The van der Waals surface area contributed by atoms with Crippen molar-refractivity contribution in [3.63, 3.8) is 0 Å². The number of hydrogen-bond acceptors (Lipinski definition) is 3. The number of halogens is 1. The van der Waals surface area contributed by atoms with Crippen molar-refractivity contribution in [2.75, 3.05) is 13.1 Å². The molecule has 6 heteroatoms. The maximum atomic E-state index is 14.2. The molecule has 4 heterocycles. The van der Waals surface area contributed by atoms with E-state index in [9.17, 15) is 4.39 Å². The minimum Gasteiger partial charge on any atom is -0.353 e. The van der Waals surface area contributed by atoms with E-state index in [0.29, 0.717) is 0 Å². The smallest absolute Gasteiger partial charge is 0.124 e. The van der Waals surface area contributed by atoms with Crippen LogP contribution >= 0.6 is 0 Å². The molecule has 1 saturated heterocycles. The normalized spacial score (nSPS) is 14.2. The van der Waals surface area contributed by atoms with E-state index in [0.717, 1.165) is 67.6 Å². The predicted molar refractivity (Wildman–Crippen MR) is 151 cm³/mol. The van der Waals surface area contributed by atoms with Crippen LogP contribution in [0.25, 0.3) is 55.4 Å². The van der Waals surface area contributed by atoms with Gasteiger partial charge in [0, 0.05) is 40.8 Å². The summed E-state index contributed by atoms with van der Waals surface area (Å²) < 4.78 is 14.2. The van der Waals surface area contributed by atoms with Gasteiger partial charge in [0.15, 0.2) is 0 Å². The Kier molecular flexibility index (Phi) is 5.55. The van der Waals surface area contributed by atoms with Crippen LogP contribution in [0.4, 0.5) is 4.39 Å². The molecular weight excluding hydrogens is 473 g/mol. The van der Waals surface area contributed by atoms with E-state index >= 15 is 0 Å². The molecule has 3 aromatic heterocycles. The van der Waals surface area contributed by atoms with Gasteiger partial charge in [0.05, 0.1) is 11.2 Å². The van der Waals surface area contributed by atoms with Gasteiger partial charge in [0.25, 0.3) is 0 Å². The number of nitrogens with one attached hydrogen (secondary N) is 2. The standard InChI is InChI=1S/C32H28FN5/c1-20-11-23(14-25(33)12-20)26-5-4-6-29-27(26)16-31(35-29)32-28-15-22(7-8-30(28)36-37-32)24-13-21(17-34-18-24)19-38-9-2-3-10-38/h4-8,11-18,35H,2-3,9-10,19H2,1H3,(H,36,37). The fraction of sp³-hybridized carbons (Fsp3) is 0.188. The Morgan fingerprint density at radius 2 is 1.74 bits per heavy atom. The molecule has 0 radical (unpaired) electrons. The van der Waals surface area contributed by atoms with Gasteiger partial charge in [0.2, 0.25) is 0 Å². The highest BCUT2D eigenvalue weighted by Gasteiger charge is 2.16. The lowest BCUT2D eigenvalue weighted by Crippen LogP contribution is -2.18. The number of nitrogens with zero attached hydrogens (tertiary/aromatic N) is 3. The Bertz CT molecular complexity index is 1770. The molecule has 0 bridgehead atoms. The third-order valence-electron chi connectivity index (χ3n) is 7.57. The fourth-order valence-corrected chi connectivity index (χ4v) is 5.76. The van der Waals surface area contributed by atoms with Crippen molar-refractivity contribution in [3.05, 3.63) is 96.1 Å². The van der Waals surface area contributed by atoms with Gasteiger partial charge in [0.1, 0.15) is 11.5 Å². The van der Waals surface area contributed by atoms with E-state index in [1.807, 2.05) is 43.6 Å². The van der Waals surface area contributed by atoms with Crippen LogP contribution in [0.15, 0.2) is 79.1 Å². The number of hydrogen-bond donors (Lipinski definition) is 2. The van der Waals surface area contributed by atoms with E-state index in [2.05, 4.69) is 55.4 Å². The van der Waals surface area contributed by atoms with Gasteiger partial charge in [-0.3, -0.25) is 15.0 Å². The van der Waals surface area contributed by atoms with Gasteiger partial charge >= 0.3 is 0 Å². The van der Waals surface area contributed by atoms with Crippen molar-refractivity contribution in [1.82, 2.24) is 25.1 Å². The first-order valence-corrected chi connectivity index (χ1v) is 13.2. The first-order chi connectivity index (χ1) is 18.6. The summed E-state index contributed by atoms with van der Waals surface area (Å²) in [5.74, 6) is -0.224. The zero-order valence-corrected chi connectivity index (χ0v) is 21.3. The average Bonchev–Trinajstić information content (AvgIpc) is 3.67. The van der Waals surface area contributed by atoms with Crippen molar-refractivity contribution >= 4 is 21.8 Å². The third kappa shape index (κ3) is 4.17. The molecule has 6 aromatic rings. The van der Waals surface area contributed by atoms with Gasteiger partial charge in [-0.2, -0.15) is 5.10 Å². The number of aromatic amines is 2. The van der Waals surface area contributed by atoms with E-state index in [4.69, 9.17) is 0 Å². The Hall–Kier alpha value is -4.29. The molecule has 0 aliphatic carbocycles. The highest BCUT2D eigenvalue weighted by Crippen LogP contribution is 2.36. The minimum atomic E-state index is -0.224. The van der Waals surface area contributed by atoms with Crippen LogP contribution in [0.2, 0.25) is 0 Å². The summed E-state index contributed by atoms with van der Waals surface area (Å²) in [5.41, 5.74) is 9.98. The molecule has 188 valence electrons. The van der Waals surface area contributed by atoms with E-state index in [1.165, 1.54) is 31.5 Å². The van der Waals surface area contributed by atoms with Crippen LogP contribution in [0.3, 0.4) is 0 Å². The summed E-state index contributed by atoms with van der Waals surface area (Å²) in [7, 11) is 0. The average molecular weight is 502 g/mol. The maximum Gasteiger partial charge on any atom is 0.124 e. The Labute approximate surface area is 220 Å². The van der Waals surface area contributed by atoms with Crippen molar-refractivity contribution in [1.29, 1.82) is 0 Å². The lowest BCUT2D eigenvalue weighted by Gasteiger charge is -2.14. The van der Waals surface area contributed by atoms with E-state index in [1.54, 1.807) is 12.1 Å². The molecule has 5 nitrogen and oxygen atoms in total. The molecule has 0 amide bonds. The van der Waals surface area contributed by atoms with Crippen LogP contribution in [0, 0.1) is 12.7 Å². The highest BCUT2D eigenvalue weighted by atomic mass is 19.1. The molecule has 38 heavy (non-hydrogen) atoms. The summed E-state index contributed by atoms with van der Waals surface area (Å²) in [6, 6.07) is 22.0. The second-order valence-corrected chi connectivity index (χ2v) is 10.4. The second-order valence-electron chi connectivity index (χ2n) is 10.4. The van der Waals surface area contributed by atoms with Gasteiger partial charge in [-0.25, -0.2) is 4.39 Å². The Morgan fingerprint density at radius 1 is 0.842 bits per heavy atom. The van der Waals surface area contributed by atoms with Crippen molar-refractivity contribution in [2.24, 2.45) is 0 Å². The van der Waals surface area contributed by atoms with Crippen LogP contribution in [-0.4, -0.2) is 38.2 Å². The molecule has 0 unspecified atom stereocenters. The largest absolute Gasteiger partial charge is 0.353 e. The molecule has 0 saturated carbocycles. The number of likely N-dealkylation sites (tertiary alicyclic amines) is 1. The first kappa shape index (κ1) is 22.9. The number of H-pyrrole nitrogens is 2. The van der Waals surface area contributed by atoms with Crippen LogP contribution in [0.5, 0.6) is 0 Å². The summed E-state index contributed by atoms with van der Waals surface area (Å²) >= 11 is 0. The molecule has 2 N–H and O–H groups in total. The molecule has 0 atom stereocenters. The van der Waals surface area contributed by atoms with Crippen molar-refractivity contribution in [3.8, 4) is 33.6 Å². The number of aryl methyl sites for hydroxylation is 1. The number of benzene rings is 3. The molecule has 0 spiro atoms. The molecule has 7 rings (SSSR count). The monoisotopic (exact) mass is 501 g/mol. The number of fused-ring (bicyclic) bond motifs is 2. The molecule has 1 aliphatic heterocycles. The second kappa shape index (κ2) is 9.23. The summed E-state index contributed by atoms with van der Waals surface area (Å²) in [5, 5.41) is 9.95. The third-order valence-corrected chi connectivity index (χ3v) is 7.57. The van der Waals surface area contributed by atoms with E-state index in [-0.39, 0.29) is 5.82 Å². The molecular formula is C32H28FN5.